The van der Waals surface area contributed by atoms with Gasteiger partial charge in [-0.3, -0.25) is 4.79 Å². The average Bonchev–Trinajstić information content (AvgIpc) is 2.26. The molecule has 0 saturated heterocycles. The third-order valence-electron chi connectivity index (χ3n) is 2.46. The number of carbonyl (C=O) groups excluding carboxylic acids is 1. The zero-order valence-corrected chi connectivity index (χ0v) is 9.80. The second kappa shape index (κ2) is 6.37. The predicted octanol–water partition coefficient (Wildman–Crippen LogP) is 2.62. The van der Waals surface area contributed by atoms with Crippen molar-refractivity contribution in [1.82, 2.24) is 4.90 Å². The number of carbonyl (C=O) groups is 1. The van der Waals surface area contributed by atoms with Crippen LogP contribution in [0, 0.1) is 11.6 Å². The molecule has 0 radical (unpaired) electrons. The van der Waals surface area contributed by atoms with Gasteiger partial charge in [-0.05, 0) is 18.1 Å². The van der Waals surface area contributed by atoms with Crippen LogP contribution in [0.3, 0.4) is 0 Å². The second-order valence-electron chi connectivity index (χ2n) is 3.90. The SMILES string of the molecule is CN(CC(F)F)C(=O)CCc1ccc(F)cc1F. The van der Waals surface area contributed by atoms with E-state index in [1.807, 2.05) is 0 Å². The molecule has 1 aromatic rings. The van der Waals surface area contributed by atoms with E-state index in [2.05, 4.69) is 0 Å². The van der Waals surface area contributed by atoms with E-state index in [4.69, 9.17) is 0 Å². The lowest BCUT2D eigenvalue weighted by atomic mass is 10.1. The van der Waals surface area contributed by atoms with Crippen molar-refractivity contribution in [3.8, 4) is 0 Å². The highest BCUT2D eigenvalue weighted by Gasteiger charge is 2.14. The summed E-state index contributed by atoms with van der Waals surface area (Å²) in [6.45, 7) is -0.648. The van der Waals surface area contributed by atoms with Gasteiger partial charge in [0.1, 0.15) is 11.6 Å². The van der Waals surface area contributed by atoms with Gasteiger partial charge in [-0.1, -0.05) is 6.07 Å². The van der Waals surface area contributed by atoms with Gasteiger partial charge in [-0.15, -0.1) is 0 Å². The van der Waals surface area contributed by atoms with Crippen molar-refractivity contribution in [2.24, 2.45) is 0 Å². The van der Waals surface area contributed by atoms with Crippen molar-refractivity contribution in [1.29, 1.82) is 0 Å². The lowest BCUT2D eigenvalue weighted by molar-refractivity contribution is -0.131. The Hall–Kier alpha value is -1.59. The Kier molecular flexibility index (Phi) is 5.12. The lowest BCUT2D eigenvalue weighted by Gasteiger charge is -2.16. The van der Waals surface area contributed by atoms with Crippen LogP contribution < -0.4 is 0 Å². The first-order valence-electron chi connectivity index (χ1n) is 5.36. The molecule has 0 unspecified atom stereocenters. The Morgan fingerprint density at radius 3 is 2.56 bits per heavy atom. The van der Waals surface area contributed by atoms with Gasteiger partial charge >= 0.3 is 0 Å². The van der Waals surface area contributed by atoms with Gasteiger partial charge in [0, 0.05) is 19.5 Å². The second-order valence-corrected chi connectivity index (χ2v) is 3.90. The number of nitrogens with zero attached hydrogens (tertiary/aromatic N) is 1. The molecular formula is C12H13F4NO. The number of benzene rings is 1. The summed E-state index contributed by atoms with van der Waals surface area (Å²) in [4.78, 5) is 12.3. The van der Waals surface area contributed by atoms with Crippen molar-refractivity contribution in [3.05, 3.63) is 35.4 Å². The number of halogens is 4. The molecule has 2 nitrogen and oxygen atoms in total. The summed E-state index contributed by atoms with van der Waals surface area (Å²) in [6.07, 6.45) is -2.63. The summed E-state index contributed by atoms with van der Waals surface area (Å²) in [5.41, 5.74) is 0.190. The van der Waals surface area contributed by atoms with Crippen LogP contribution in [-0.2, 0) is 11.2 Å². The summed E-state index contributed by atoms with van der Waals surface area (Å²) < 4.78 is 49.9. The Morgan fingerprint density at radius 1 is 1.33 bits per heavy atom. The van der Waals surface area contributed by atoms with Gasteiger partial charge in [-0.2, -0.15) is 0 Å². The third kappa shape index (κ3) is 4.35. The minimum atomic E-state index is -2.60. The average molecular weight is 263 g/mol. The Labute approximate surface area is 102 Å². The maximum atomic E-state index is 13.2. The molecule has 0 atom stereocenters. The topological polar surface area (TPSA) is 20.3 Å². The summed E-state index contributed by atoms with van der Waals surface area (Å²) >= 11 is 0. The monoisotopic (exact) mass is 263 g/mol. The van der Waals surface area contributed by atoms with Crippen molar-refractivity contribution >= 4 is 5.91 Å². The molecule has 1 rings (SSSR count). The quantitative estimate of drug-likeness (QED) is 0.748. The molecule has 1 amide bonds. The fraction of sp³-hybridized carbons (Fsp3) is 0.417. The highest BCUT2D eigenvalue weighted by Crippen LogP contribution is 2.12. The first kappa shape index (κ1) is 14.5. The van der Waals surface area contributed by atoms with E-state index >= 15 is 0 Å². The molecule has 0 aromatic heterocycles. The van der Waals surface area contributed by atoms with Crippen LogP contribution in [0.4, 0.5) is 17.6 Å². The fourth-order valence-corrected chi connectivity index (χ4v) is 1.47. The van der Waals surface area contributed by atoms with Crippen molar-refractivity contribution in [3.63, 3.8) is 0 Å². The first-order valence-corrected chi connectivity index (χ1v) is 5.36. The summed E-state index contributed by atoms with van der Waals surface area (Å²) in [7, 11) is 1.26. The number of alkyl halides is 2. The van der Waals surface area contributed by atoms with Crippen LogP contribution in [0.25, 0.3) is 0 Å². The van der Waals surface area contributed by atoms with Crippen LogP contribution in [-0.4, -0.2) is 30.8 Å². The zero-order valence-electron chi connectivity index (χ0n) is 9.80. The number of amides is 1. The van der Waals surface area contributed by atoms with Crippen LogP contribution in [0.2, 0.25) is 0 Å². The zero-order chi connectivity index (χ0) is 13.7. The molecule has 0 aliphatic carbocycles. The van der Waals surface area contributed by atoms with E-state index in [0.29, 0.717) is 0 Å². The van der Waals surface area contributed by atoms with E-state index in [-0.39, 0.29) is 18.4 Å². The van der Waals surface area contributed by atoms with Crippen molar-refractivity contribution < 1.29 is 22.4 Å². The standard InChI is InChI=1S/C12H13F4NO/c1-17(7-11(15)16)12(18)5-3-8-2-4-9(13)6-10(8)14/h2,4,6,11H,3,5,7H2,1H3. The van der Waals surface area contributed by atoms with Crippen molar-refractivity contribution in [2.45, 2.75) is 19.3 Å². The van der Waals surface area contributed by atoms with Gasteiger partial charge in [0.25, 0.3) is 6.43 Å². The number of aryl methyl sites for hydroxylation is 1. The van der Waals surface area contributed by atoms with E-state index in [1.165, 1.54) is 13.1 Å². The summed E-state index contributed by atoms with van der Waals surface area (Å²) in [5.74, 6) is -1.93. The van der Waals surface area contributed by atoms with E-state index in [1.54, 1.807) is 0 Å². The first-order chi connectivity index (χ1) is 8.40. The maximum Gasteiger partial charge on any atom is 0.255 e. The number of hydrogen-bond acceptors (Lipinski definition) is 1. The molecule has 0 spiro atoms. The van der Waals surface area contributed by atoms with Gasteiger partial charge in [0.05, 0.1) is 6.54 Å². The smallest absolute Gasteiger partial charge is 0.255 e. The van der Waals surface area contributed by atoms with E-state index in [9.17, 15) is 22.4 Å². The van der Waals surface area contributed by atoms with Gasteiger partial charge < -0.3 is 4.90 Å². The molecule has 0 aliphatic rings. The molecule has 0 saturated carbocycles. The normalized spacial score (nSPS) is 10.8. The van der Waals surface area contributed by atoms with E-state index < -0.39 is 30.5 Å². The molecule has 0 fully saturated rings. The molecule has 0 bridgehead atoms. The van der Waals surface area contributed by atoms with Gasteiger partial charge in [-0.25, -0.2) is 17.6 Å². The highest BCUT2D eigenvalue weighted by molar-refractivity contribution is 5.76. The van der Waals surface area contributed by atoms with E-state index in [0.717, 1.165) is 17.0 Å². The molecular weight excluding hydrogens is 250 g/mol. The fourth-order valence-electron chi connectivity index (χ4n) is 1.47. The minimum absolute atomic E-state index is 0.0541. The Balaban J connectivity index is 2.52. The lowest BCUT2D eigenvalue weighted by Crippen LogP contribution is -2.31. The molecule has 0 aliphatic heterocycles. The van der Waals surface area contributed by atoms with Crippen LogP contribution in [0.5, 0.6) is 0 Å². The molecule has 18 heavy (non-hydrogen) atoms. The number of rotatable bonds is 5. The van der Waals surface area contributed by atoms with Crippen LogP contribution in [0.15, 0.2) is 18.2 Å². The summed E-state index contributed by atoms with van der Waals surface area (Å²) in [6, 6.07) is 3.06. The Morgan fingerprint density at radius 2 is 2.00 bits per heavy atom. The molecule has 0 heterocycles. The Bertz CT molecular complexity index is 423. The van der Waals surface area contributed by atoms with Crippen molar-refractivity contribution in [2.75, 3.05) is 13.6 Å². The molecule has 6 heteroatoms. The van der Waals surface area contributed by atoms with Crippen LogP contribution in [0.1, 0.15) is 12.0 Å². The van der Waals surface area contributed by atoms with Gasteiger partial charge in [0.2, 0.25) is 5.91 Å². The largest absolute Gasteiger partial charge is 0.340 e. The van der Waals surface area contributed by atoms with Crippen LogP contribution >= 0.6 is 0 Å². The summed E-state index contributed by atoms with van der Waals surface area (Å²) in [5, 5.41) is 0. The highest BCUT2D eigenvalue weighted by atomic mass is 19.3. The molecule has 1 aromatic carbocycles. The number of hydrogen-bond donors (Lipinski definition) is 0. The predicted molar refractivity (Wildman–Crippen MR) is 58.3 cm³/mol. The molecule has 100 valence electrons. The molecule has 0 N–H and O–H groups in total. The van der Waals surface area contributed by atoms with Gasteiger partial charge in [0.15, 0.2) is 0 Å². The minimum Gasteiger partial charge on any atom is -0.340 e. The third-order valence-corrected chi connectivity index (χ3v) is 2.46. The maximum absolute atomic E-state index is 13.2.